The van der Waals surface area contributed by atoms with Crippen molar-refractivity contribution < 1.29 is 4.79 Å². The first-order valence-electron chi connectivity index (χ1n) is 9.20. The van der Waals surface area contributed by atoms with Crippen LogP contribution >= 0.6 is 11.3 Å². The van der Waals surface area contributed by atoms with E-state index in [-0.39, 0.29) is 5.91 Å². The number of hydrogen-bond donors (Lipinski definition) is 1. The van der Waals surface area contributed by atoms with Crippen molar-refractivity contribution in [1.29, 1.82) is 0 Å². The molecule has 9 heteroatoms. The van der Waals surface area contributed by atoms with Gasteiger partial charge in [-0.25, -0.2) is 4.98 Å². The lowest BCUT2D eigenvalue weighted by molar-refractivity contribution is -0.120. The Morgan fingerprint density at radius 1 is 1.19 bits per heavy atom. The van der Waals surface area contributed by atoms with Crippen molar-refractivity contribution in [2.75, 3.05) is 18.4 Å². The number of anilines is 1. The van der Waals surface area contributed by atoms with Gasteiger partial charge in [0.2, 0.25) is 5.91 Å². The van der Waals surface area contributed by atoms with Crippen LogP contribution in [0.1, 0.15) is 17.8 Å². The van der Waals surface area contributed by atoms with E-state index in [0.717, 1.165) is 52.3 Å². The van der Waals surface area contributed by atoms with Crippen LogP contribution in [0.4, 0.5) is 5.82 Å². The third-order valence-corrected chi connectivity index (χ3v) is 6.08. The maximum absolute atomic E-state index is 12.8. The maximum atomic E-state index is 12.8. The molecule has 0 spiro atoms. The Hall–Kier alpha value is -2.25. The highest BCUT2D eigenvalue weighted by Crippen LogP contribution is 2.28. The Bertz CT molecular complexity index is 1000. The topological polar surface area (TPSA) is 71.0 Å². The zero-order valence-electron chi connectivity index (χ0n) is 15.8. The van der Waals surface area contributed by atoms with Crippen molar-refractivity contribution in [3.8, 4) is 10.6 Å². The number of aromatic nitrogens is 3. The molecule has 1 fully saturated rings. The Morgan fingerprint density at radius 3 is 2.67 bits per heavy atom. The molecule has 1 aromatic carbocycles. The SMILES string of the molecule is BC(B)(C(=O)Nc1cc2cc(-c3nnc(C)s3)ccc2cn1)N1CCCC1. The molecule has 2 aromatic heterocycles. The van der Waals surface area contributed by atoms with E-state index in [1.165, 1.54) is 0 Å². The minimum absolute atomic E-state index is 0.0212. The molecule has 3 heterocycles. The number of nitrogens with one attached hydrogen (secondary N) is 1. The van der Waals surface area contributed by atoms with E-state index in [0.29, 0.717) is 5.82 Å². The number of amides is 1. The molecule has 6 nitrogen and oxygen atoms in total. The van der Waals surface area contributed by atoms with Gasteiger partial charge >= 0.3 is 0 Å². The molecule has 0 aliphatic carbocycles. The number of rotatable bonds is 4. The van der Waals surface area contributed by atoms with E-state index in [2.05, 4.69) is 31.5 Å². The zero-order chi connectivity index (χ0) is 19.0. The third kappa shape index (κ3) is 3.61. The summed E-state index contributed by atoms with van der Waals surface area (Å²) in [5.41, 5.74) is 1.02. The van der Waals surface area contributed by atoms with E-state index < -0.39 is 5.34 Å². The van der Waals surface area contributed by atoms with Crippen molar-refractivity contribution in [3.05, 3.63) is 35.5 Å². The number of carbonyl (C=O) groups excluding carboxylic acids is 1. The summed E-state index contributed by atoms with van der Waals surface area (Å²) in [6.07, 6.45) is 4.10. The van der Waals surface area contributed by atoms with Crippen LogP contribution in [0.25, 0.3) is 21.3 Å². The van der Waals surface area contributed by atoms with Gasteiger partial charge in [-0.05, 0) is 50.4 Å². The molecule has 1 saturated heterocycles. The van der Waals surface area contributed by atoms with E-state index >= 15 is 0 Å². The molecule has 136 valence electrons. The molecule has 4 rings (SSSR count). The minimum Gasteiger partial charge on any atom is -0.310 e. The van der Waals surface area contributed by atoms with E-state index in [4.69, 9.17) is 0 Å². The maximum Gasteiger partial charge on any atom is 0.229 e. The van der Waals surface area contributed by atoms with Crippen molar-refractivity contribution in [2.24, 2.45) is 0 Å². The number of carbonyl (C=O) groups is 1. The summed E-state index contributed by atoms with van der Waals surface area (Å²) in [5, 5.41) is 14.6. The molecule has 1 N–H and O–H groups in total. The van der Waals surface area contributed by atoms with Crippen LogP contribution in [0.5, 0.6) is 0 Å². The number of aryl methyl sites for hydroxylation is 1. The lowest BCUT2D eigenvalue weighted by Crippen LogP contribution is -2.57. The van der Waals surface area contributed by atoms with Gasteiger partial charge in [0.1, 0.15) is 31.5 Å². The van der Waals surface area contributed by atoms with Crippen LogP contribution < -0.4 is 5.32 Å². The molecule has 0 bridgehead atoms. The van der Waals surface area contributed by atoms with Gasteiger partial charge in [0.25, 0.3) is 0 Å². The summed E-state index contributed by atoms with van der Waals surface area (Å²) in [4.78, 5) is 19.5. The van der Waals surface area contributed by atoms with Crippen LogP contribution in [0.15, 0.2) is 30.5 Å². The molecule has 0 radical (unpaired) electrons. The van der Waals surface area contributed by atoms with Gasteiger partial charge in [-0.3, -0.25) is 4.79 Å². The number of fused-ring (bicyclic) bond motifs is 1. The first-order chi connectivity index (χ1) is 12.9. The molecular weight excluding hydrogens is 356 g/mol. The number of nitrogens with zero attached hydrogens (tertiary/aromatic N) is 4. The summed E-state index contributed by atoms with van der Waals surface area (Å²) in [6, 6.07) is 8.04. The van der Waals surface area contributed by atoms with Crippen molar-refractivity contribution in [3.63, 3.8) is 0 Å². The van der Waals surface area contributed by atoms with Crippen molar-refractivity contribution in [1.82, 2.24) is 20.1 Å². The lowest BCUT2D eigenvalue weighted by Gasteiger charge is -2.34. The van der Waals surface area contributed by atoms with Crippen LogP contribution in [0, 0.1) is 6.92 Å². The second-order valence-corrected chi connectivity index (χ2v) is 8.65. The van der Waals surface area contributed by atoms with Gasteiger partial charge < -0.3 is 10.2 Å². The van der Waals surface area contributed by atoms with Crippen LogP contribution in [-0.2, 0) is 4.79 Å². The summed E-state index contributed by atoms with van der Waals surface area (Å²) in [7, 11) is 3.95. The highest BCUT2D eigenvalue weighted by Gasteiger charge is 2.35. The summed E-state index contributed by atoms with van der Waals surface area (Å²) in [6.45, 7) is 3.88. The quantitative estimate of drug-likeness (QED) is 0.688. The van der Waals surface area contributed by atoms with Gasteiger partial charge in [0.15, 0.2) is 0 Å². The van der Waals surface area contributed by atoms with Crippen molar-refractivity contribution >= 4 is 49.5 Å². The Labute approximate surface area is 164 Å². The fraction of sp³-hybridized carbons (Fsp3) is 0.333. The summed E-state index contributed by atoms with van der Waals surface area (Å²) >= 11 is 1.57. The number of hydrogen-bond acceptors (Lipinski definition) is 6. The lowest BCUT2D eigenvalue weighted by atomic mass is 9.60. The first-order valence-corrected chi connectivity index (χ1v) is 10.0. The third-order valence-electron chi connectivity index (χ3n) is 5.19. The van der Waals surface area contributed by atoms with Gasteiger partial charge in [0, 0.05) is 22.5 Å². The Morgan fingerprint density at radius 2 is 1.96 bits per heavy atom. The molecule has 1 aliphatic rings. The minimum atomic E-state index is -0.543. The fourth-order valence-electron chi connectivity index (χ4n) is 3.44. The zero-order valence-corrected chi connectivity index (χ0v) is 16.6. The number of likely N-dealkylation sites (tertiary alicyclic amines) is 1. The molecular formula is C18H21B2N5OS. The van der Waals surface area contributed by atoms with Gasteiger partial charge in [-0.15, -0.1) is 10.2 Å². The van der Waals surface area contributed by atoms with Crippen LogP contribution in [0.3, 0.4) is 0 Å². The van der Waals surface area contributed by atoms with Gasteiger partial charge in [-0.2, -0.15) is 0 Å². The standard InChI is InChI=1S/C18H21B2N5OS/c1-11-23-24-16(27-11)12-4-5-13-10-21-15(9-14(13)8-12)22-17(26)18(19,20)25-6-2-3-7-25/h4-5,8-10H,2-3,6-7,19-20H2,1H3,(H,21,22,26). The highest BCUT2D eigenvalue weighted by molar-refractivity contribution is 7.14. The predicted octanol–water partition coefficient (Wildman–Crippen LogP) is 1.02. The van der Waals surface area contributed by atoms with Gasteiger partial charge in [0.05, 0.1) is 0 Å². The second-order valence-electron chi connectivity index (χ2n) is 7.47. The number of benzene rings is 1. The van der Waals surface area contributed by atoms with E-state index in [9.17, 15) is 4.79 Å². The summed E-state index contributed by atoms with van der Waals surface area (Å²) < 4.78 is 0. The molecule has 0 saturated carbocycles. The predicted molar refractivity (Wildman–Crippen MR) is 115 cm³/mol. The normalized spacial score (nSPS) is 15.3. The molecule has 1 aliphatic heterocycles. The first kappa shape index (κ1) is 18.1. The molecule has 0 atom stereocenters. The van der Waals surface area contributed by atoms with Crippen molar-refractivity contribution in [2.45, 2.75) is 25.1 Å². The Balaban J connectivity index is 1.59. The Kier molecular flexibility index (Phi) is 4.73. The molecule has 0 unspecified atom stereocenters. The molecule has 27 heavy (non-hydrogen) atoms. The van der Waals surface area contributed by atoms with E-state index in [1.54, 1.807) is 17.5 Å². The molecule has 3 aromatic rings. The van der Waals surface area contributed by atoms with Gasteiger partial charge in [-0.1, -0.05) is 23.5 Å². The van der Waals surface area contributed by atoms with Crippen LogP contribution in [-0.4, -0.2) is 60.1 Å². The average molecular weight is 377 g/mol. The highest BCUT2D eigenvalue weighted by atomic mass is 32.1. The largest absolute Gasteiger partial charge is 0.310 e. The van der Waals surface area contributed by atoms with Crippen LogP contribution in [0.2, 0.25) is 0 Å². The summed E-state index contributed by atoms with van der Waals surface area (Å²) in [5.74, 6) is 0.553. The average Bonchev–Trinajstić information content (AvgIpc) is 3.33. The van der Waals surface area contributed by atoms with E-state index in [1.807, 2.05) is 40.8 Å². The smallest absolute Gasteiger partial charge is 0.229 e. The molecule has 1 amide bonds. The monoisotopic (exact) mass is 377 g/mol. The number of pyridine rings is 1. The second kappa shape index (κ2) is 7.05. The fourth-order valence-corrected chi connectivity index (χ4v) is 4.13.